The number of primary sulfonamides is 1. The van der Waals surface area contributed by atoms with Crippen molar-refractivity contribution in [2.45, 2.75) is 4.90 Å². The third-order valence-corrected chi connectivity index (χ3v) is 4.92. The Morgan fingerprint density at radius 2 is 1.92 bits per heavy atom. The van der Waals surface area contributed by atoms with E-state index in [4.69, 9.17) is 21.5 Å². The van der Waals surface area contributed by atoms with Gasteiger partial charge in [-0.15, -0.1) is 0 Å². The van der Waals surface area contributed by atoms with Crippen LogP contribution in [0.15, 0.2) is 45.8 Å². The zero-order valence-electron chi connectivity index (χ0n) is 12.8. The second kappa shape index (κ2) is 8.12. The number of sulfonamides is 1. The van der Waals surface area contributed by atoms with E-state index in [0.717, 1.165) is 12.1 Å². The van der Waals surface area contributed by atoms with E-state index in [1.807, 2.05) is 0 Å². The quantitative estimate of drug-likeness (QED) is 0.659. The van der Waals surface area contributed by atoms with Crippen LogP contribution in [-0.4, -0.2) is 26.9 Å². The van der Waals surface area contributed by atoms with Crippen molar-refractivity contribution in [3.8, 4) is 0 Å². The molecule has 0 aliphatic rings. The first kappa shape index (κ1) is 20.3. The summed E-state index contributed by atoms with van der Waals surface area (Å²) in [5, 5.41) is 7.20. The molecule has 2 aromatic rings. The number of nitrogens with two attached hydrogens (primary N) is 1. The van der Waals surface area contributed by atoms with Gasteiger partial charge in [0.05, 0.1) is 15.5 Å². The average Bonchev–Trinajstić information content (AvgIpc) is 2.55. The summed E-state index contributed by atoms with van der Waals surface area (Å²) < 4.78 is 40.9. The van der Waals surface area contributed by atoms with Gasteiger partial charge in [0.15, 0.2) is 6.61 Å². The summed E-state index contributed by atoms with van der Waals surface area (Å²) in [6.45, 7) is -0.653. The molecule has 7 nitrogen and oxygen atoms in total. The zero-order valence-corrected chi connectivity index (χ0v) is 16.0. The Morgan fingerprint density at radius 1 is 1.23 bits per heavy atom. The van der Waals surface area contributed by atoms with Crippen LogP contribution in [0.1, 0.15) is 10.4 Å². The SMILES string of the molecule is NS(=O)(=O)c1ccc(Br)c(C(=O)OCC(=O)Nc2ccc(F)c(Cl)c2)c1. The number of benzene rings is 2. The normalized spacial score (nSPS) is 11.1. The van der Waals surface area contributed by atoms with Crippen LogP contribution in [0.25, 0.3) is 0 Å². The fourth-order valence-electron chi connectivity index (χ4n) is 1.82. The van der Waals surface area contributed by atoms with Crippen molar-refractivity contribution >= 4 is 55.1 Å². The number of carbonyl (C=O) groups excluding carboxylic acids is 2. The fourth-order valence-corrected chi connectivity index (χ4v) is 2.95. The Kier molecular flexibility index (Phi) is 6.34. The van der Waals surface area contributed by atoms with Gasteiger partial charge in [0.1, 0.15) is 5.82 Å². The molecule has 1 amide bonds. The fraction of sp³-hybridized carbons (Fsp3) is 0.0667. The lowest BCUT2D eigenvalue weighted by molar-refractivity contribution is -0.119. The van der Waals surface area contributed by atoms with Gasteiger partial charge < -0.3 is 10.1 Å². The molecule has 2 rings (SSSR count). The van der Waals surface area contributed by atoms with Crippen LogP contribution in [0.2, 0.25) is 5.02 Å². The molecule has 0 atom stereocenters. The van der Waals surface area contributed by atoms with Gasteiger partial charge in [-0.2, -0.15) is 0 Å². The molecule has 0 spiro atoms. The van der Waals surface area contributed by atoms with Gasteiger partial charge >= 0.3 is 5.97 Å². The maximum absolute atomic E-state index is 13.1. The number of anilines is 1. The van der Waals surface area contributed by atoms with E-state index in [0.29, 0.717) is 0 Å². The van der Waals surface area contributed by atoms with Crippen molar-refractivity contribution in [2.24, 2.45) is 5.14 Å². The molecule has 0 unspecified atom stereocenters. The van der Waals surface area contributed by atoms with Crippen LogP contribution in [0.3, 0.4) is 0 Å². The van der Waals surface area contributed by atoms with E-state index in [1.165, 1.54) is 24.3 Å². The molecule has 138 valence electrons. The predicted octanol–water partition coefficient (Wildman–Crippen LogP) is 2.68. The Labute approximate surface area is 161 Å². The molecule has 0 fully saturated rings. The number of halogens is 3. The van der Waals surface area contributed by atoms with Crippen molar-refractivity contribution in [1.29, 1.82) is 0 Å². The van der Waals surface area contributed by atoms with Crippen LogP contribution in [0.5, 0.6) is 0 Å². The minimum Gasteiger partial charge on any atom is -0.452 e. The molecule has 0 aromatic heterocycles. The second-order valence-corrected chi connectivity index (χ2v) is 7.76. The van der Waals surface area contributed by atoms with Crippen LogP contribution in [0.4, 0.5) is 10.1 Å². The van der Waals surface area contributed by atoms with Crippen molar-refractivity contribution < 1.29 is 27.1 Å². The minimum atomic E-state index is -4.01. The molecule has 0 radical (unpaired) electrons. The van der Waals surface area contributed by atoms with Crippen molar-refractivity contribution in [3.63, 3.8) is 0 Å². The second-order valence-electron chi connectivity index (χ2n) is 4.94. The van der Waals surface area contributed by atoms with Gasteiger partial charge in [-0.05, 0) is 52.3 Å². The predicted molar refractivity (Wildman–Crippen MR) is 95.8 cm³/mol. The number of carbonyl (C=O) groups is 2. The van der Waals surface area contributed by atoms with Gasteiger partial charge in [-0.1, -0.05) is 11.6 Å². The van der Waals surface area contributed by atoms with E-state index in [9.17, 15) is 22.4 Å². The largest absolute Gasteiger partial charge is 0.452 e. The van der Waals surface area contributed by atoms with E-state index in [-0.39, 0.29) is 25.6 Å². The van der Waals surface area contributed by atoms with Crippen LogP contribution in [-0.2, 0) is 19.6 Å². The zero-order chi connectivity index (χ0) is 19.5. The summed E-state index contributed by atoms with van der Waals surface area (Å²) in [5.74, 6) is -2.27. The topological polar surface area (TPSA) is 116 Å². The summed E-state index contributed by atoms with van der Waals surface area (Å²) in [7, 11) is -4.01. The van der Waals surface area contributed by atoms with Crippen molar-refractivity contribution in [3.05, 3.63) is 57.3 Å². The molecule has 0 heterocycles. The average molecular weight is 466 g/mol. The molecule has 26 heavy (non-hydrogen) atoms. The van der Waals surface area contributed by atoms with E-state index < -0.39 is 34.3 Å². The Balaban J connectivity index is 2.04. The lowest BCUT2D eigenvalue weighted by Gasteiger charge is -2.09. The van der Waals surface area contributed by atoms with Gasteiger partial charge in [-0.3, -0.25) is 4.79 Å². The van der Waals surface area contributed by atoms with Gasteiger partial charge in [0.2, 0.25) is 10.0 Å². The van der Waals surface area contributed by atoms with Crippen LogP contribution >= 0.6 is 27.5 Å². The first-order valence-electron chi connectivity index (χ1n) is 6.82. The number of hydrogen-bond acceptors (Lipinski definition) is 5. The van der Waals surface area contributed by atoms with Gasteiger partial charge in [0, 0.05) is 10.2 Å². The summed E-state index contributed by atoms with van der Waals surface area (Å²) in [5.41, 5.74) is 0.101. The number of nitrogens with one attached hydrogen (secondary N) is 1. The third kappa shape index (κ3) is 5.24. The molecular formula is C15H11BrClFN2O5S. The highest BCUT2D eigenvalue weighted by atomic mass is 79.9. The van der Waals surface area contributed by atoms with E-state index in [1.54, 1.807) is 0 Å². The van der Waals surface area contributed by atoms with Crippen molar-refractivity contribution in [2.75, 3.05) is 11.9 Å². The summed E-state index contributed by atoms with van der Waals surface area (Å²) in [4.78, 5) is 23.6. The molecule has 0 aliphatic carbocycles. The number of amides is 1. The molecule has 0 saturated carbocycles. The maximum Gasteiger partial charge on any atom is 0.339 e. The lowest BCUT2D eigenvalue weighted by Crippen LogP contribution is -2.21. The molecular weight excluding hydrogens is 455 g/mol. The third-order valence-electron chi connectivity index (χ3n) is 3.02. The highest BCUT2D eigenvalue weighted by Crippen LogP contribution is 2.22. The first-order chi connectivity index (χ1) is 12.1. The summed E-state index contributed by atoms with van der Waals surface area (Å²) in [6, 6.07) is 7.10. The Bertz CT molecular complexity index is 984. The Morgan fingerprint density at radius 3 is 2.54 bits per heavy atom. The van der Waals surface area contributed by atoms with E-state index >= 15 is 0 Å². The molecule has 0 bridgehead atoms. The first-order valence-corrected chi connectivity index (χ1v) is 9.54. The highest BCUT2D eigenvalue weighted by molar-refractivity contribution is 9.10. The molecule has 0 saturated heterocycles. The number of rotatable bonds is 5. The van der Waals surface area contributed by atoms with E-state index in [2.05, 4.69) is 21.2 Å². The standard InChI is InChI=1S/C15H11BrClFN2O5S/c16-11-3-2-9(26(19,23)24)6-10(11)15(22)25-7-14(21)20-8-1-4-13(18)12(17)5-8/h1-6H,7H2,(H,20,21)(H2,19,23,24). The lowest BCUT2D eigenvalue weighted by atomic mass is 10.2. The maximum atomic E-state index is 13.1. The molecule has 0 aliphatic heterocycles. The molecule has 3 N–H and O–H groups in total. The number of esters is 1. The summed E-state index contributed by atoms with van der Waals surface area (Å²) in [6.07, 6.45) is 0. The van der Waals surface area contributed by atoms with Crippen molar-refractivity contribution in [1.82, 2.24) is 0 Å². The summed E-state index contributed by atoms with van der Waals surface area (Å²) >= 11 is 8.68. The Hall–Kier alpha value is -2.01. The van der Waals surface area contributed by atoms with Crippen LogP contribution < -0.4 is 10.5 Å². The minimum absolute atomic E-state index is 0.117. The van der Waals surface area contributed by atoms with Gasteiger partial charge in [-0.25, -0.2) is 22.7 Å². The van der Waals surface area contributed by atoms with Crippen LogP contribution in [0, 0.1) is 5.82 Å². The van der Waals surface area contributed by atoms with Gasteiger partial charge in [0.25, 0.3) is 5.91 Å². The smallest absolute Gasteiger partial charge is 0.339 e. The monoisotopic (exact) mass is 464 g/mol. The highest BCUT2D eigenvalue weighted by Gasteiger charge is 2.18. The number of hydrogen-bond donors (Lipinski definition) is 2. The molecule has 11 heteroatoms. The molecule has 2 aromatic carbocycles. The number of ether oxygens (including phenoxy) is 1.